The van der Waals surface area contributed by atoms with Crippen LogP contribution in [0.15, 0.2) is 83.4 Å². The number of benzene rings is 3. The summed E-state index contributed by atoms with van der Waals surface area (Å²) < 4.78 is 45.0. The second kappa shape index (κ2) is 13.8. The van der Waals surface area contributed by atoms with Crippen molar-refractivity contribution in [1.82, 2.24) is 24.6 Å². The number of ether oxygens (including phenoxy) is 1. The minimum absolute atomic E-state index is 0.295. The summed E-state index contributed by atoms with van der Waals surface area (Å²) in [4.78, 5) is 9.99. The van der Waals surface area contributed by atoms with Crippen molar-refractivity contribution >= 4 is 28.7 Å². The van der Waals surface area contributed by atoms with E-state index in [0.29, 0.717) is 29.1 Å². The number of nitrogens with zero attached hydrogens (tertiary/aromatic N) is 5. The maximum atomic E-state index is 12.4. The molecule has 2 aromatic heterocycles. The summed E-state index contributed by atoms with van der Waals surface area (Å²) in [6, 6.07) is 20.0. The van der Waals surface area contributed by atoms with Gasteiger partial charge in [0.1, 0.15) is 12.1 Å². The van der Waals surface area contributed by atoms with Gasteiger partial charge in [0, 0.05) is 23.2 Å². The van der Waals surface area contributed by atoms with E-state index in [4.69, 9.17) is 17.2 Å². The second-order valence-electron chi connectivity index (χ2n) is 10.9. The quantitative estimate of drug-likeness (QED) is 0.130. The highest BCUT2D eigenvalue weighted by Crippen LogP contribution is 2.26. The molecule has 0 atom stereocenters. The number of halogens is 3. The van der Waals surface area contributed by atoms with E-state index in [0.717, 1.165) is 40.2 Å². The smallest absolute Gasteiger partial charge is 0.406 e. The fourth-order valence-corrected chi connectivity index (χ4v) is 6.02. The number of hydrogen-bond acceptors (Lipinski definition) is 5. The Morgan fingerprint density at radius 1 is 1.07 bits per heavy atom. The molecule has 0 fully saturated rings. The van der Waals surface area contributed by atoms with Gasteiger partial charge in [-0.05, 0) is 97.9 Å². The van der Waals surface area contributed by atoms with Crippen LogP contribution >= 0.6 is 23.6 Å². The molecule has 0 bridgehead atoms. The number of thiazole rings is 1. The van der Waals surface area contributed by atoms with Crippen LogP contribution in [-0.2, 0) is 6.42 Å². The Hall–Kier alpha value is -4.29. The number of aryl methyl sites for hydroxylation is 3. The third-order valence-corrected chi connectivity index (χ3v) is 8.23. The number of alkyl halides is 3. The molecule has 0 saturated heterocycles. The lowest BCUT2D eigenvalue weighted by molar-refractivity contribution is -0.274. The highest BCUT2D eigenvalue weighted by molar-refractivity contribution is 7.80. The number of aromatic nitrogens is 4. The molecule has 0 amide bonds. The summed E-state index contributed by atoms with van der Waals surface area (Å²) in [7, 11) is 0. The molecule has 45 heavy (non-hydrogen) atoms. The van der Waals surface area contributed by atoms with Gasteiger partial charge in [0.15, 0.2) is 15.7 Å². The van der Waals surface area contributed by atoms with Gasteiger partial charge in [-0.15, -0.1) is 29.6 Å². The van der Waals surface area contributed by atoms with Crippen LogP contribution in [0.2, 0.25) is 0 Å². The molecular formula is C33H33F3N6OS2. The molecule has 5 aromatic rings. The first-order chi connectivity index (χ1) is 21.5. The van der Waals surface area contributed by atoms with Crippen LogP contribution in [0.4, 0.5) is 13.2 Å². The van der Waals surface area contributed by atoms with E-state index in [-0.39, 0.29) is 5.75 Å². The van der Waals surface area contributed by atoms with Gasteiger partial charge in [-0.2, -0.15) is 4.99 Å². The van der Waals surface area contributed by atoms with Crippen molar-refractivity contribution < 1.29 is 17.9 Å². The van der Waals surface area contributed by atoms with Crippen molar-refractivity contribution in [2.75, 3.05) is 6.54 Å². The highest BCUT2D eigenvalue weighted by atomic mass is 32.1. The van der Waals surface area contributed by atoms with E-state index in [9.17, 15) is 13.2 Å². The SMILES string of the molecule is Cc1ccc(C(C)C)c(-n2c(C)csc2=NC(=S)NCCCc2cccc(-c3ncn(-c4ccc(OC(F)(F)F)cc4)n3)c2)c1. The molecule has 0 aliphatic rings. The van der Waals surface area contributed by atoms with Crippen molar-refractivity contribution in [2.24, 2.45) is 4.99 Å². The molecule has 2 heterocycles. The van der Waals surface area contributed by atoms with E-state index < -0.39 is 6.36 Å². The molecule has 0 saturated carbocycles. The number of hydrogen-bond donors (Lipinski definition) is 1. The van der Waals surface area contributed by atoms with E-state index in [1.807, 2.05) is 24.3 Å². The zero-order valence-corrected chi connectivity index (χ0v) is 26.9. The molecule has 0 radical (unpaired) electrons. The van der Waals surface area contributed by atoms with Gasteiger partial charge in [0.2, 0.25) is 0 Å². The van der Waals surface area contributed by atoms with Crippen LogP contribution in [0.5, 0.6) is 5.75 Å². The molecule has 7 nitrogen and oxygen atoms in total. The van der Waals surface area contributed by atoms with Gasteiger partial charge >= 0.3 is 6.36 Å². The van der Waals surface area contributed by atoms with Crippen molar-refractivity contribution in [1.29, 1.82) is 0 Å². The van der Waals surface area contributed by atoms with Crippen molar-refractivity contribution in [2.45, 2.75) is 52.8 Å². The Labute approximate surface area is 269 Å². The van der Waals surface area contributed by atoms with Gasteiger partial charge in [-0.3, -0.25) is 4.57 Å². The molecule has 12 heteroatoms. The zero-order valence-electron chi connectivity index (χ0n) is 25.3. The van der Waals surface area contributed by atoms with Crippen LogP contribution in [0.1, 0.15) is 48.6 Å². The first kappa shape index (κ1) is 32.1. The minimum Gasteiger partial charge on any atom is -0.406 e. The largest absolute Gasteiger partial charge is 0.573 e. The average molecular weight is 651 g/mol. The fraction of sp³-hybridized carbons (Fsp3) is 0.273. The van der Waals surface area contributed by atoms with Crippen molar-refractivity contribution in [3.63, 3.8) is 0 Å². The Bertz CT molecular complexity index is 1860. The monoisotopic (exact) mass is 650 g/mol. The lowest BCUT2D eigenvalue weighted by Crippen LogP contribution is -2.25. The van der Waals surface area contributed by atoms with Gasteiger partial charge in [0.25, 0.3) is 0 Å². The minimum atomic E-state index is -4.74. The maximum absolute atomic E-state index is 12.4. The van der Waals surface area contributed by atoms with Crippen LogP contribution in [-0.4, -0.2) is 37.4 Å². The number of rotatable bonds is 9. The van der Waals surface area contributed by atoms with Crippen LogP contribution in [0, 0.1) is 13.8 Å². The molecule has 0 unspecified atom stereocenters. The van der Waals surface area contributed by atoms with Crippen LogP contribution < -0.4 is 14.9 Å². The average Bonchev–Trinajstić information content (AvgIpc) is 3.62. The molecule has 5 rings (SSSR count). The van der Waals surface area contributed by atoms with Gasteiger partial charge in [0.05, 0.1) is 11.4 Å². The first-order valence-corrected chi connectivity index (χ1v) is 15.7. The molecule has 3 aromatic carbocycles. The Morgan fingerprint density at radius 2 is 1.84 bits per heavy atom. The predicted octanol–water partition coefficient (Wildman–Crippen LogP) is 7.83. The van der Waals surface area contributed by atoms with Gasteiger partial charge in [-0.1, -0.05) is 44.2 Å². The third-order valence-electron chi connectivity index (χ3n) is 7.06. The normalized spacial score (nSPS) is 12.1. The lowest BCUT2D eigenvalue weighted by Gasteiger charge is -2.16. The van der Waals surface area contributed by atoms with Crippen molar-refractivity contribution in [3.05, 3.63) is 106 Å². The summed E-state index contributed by atoms with van der Waals surface area (Å²) in [6.45, 7) is 9.24. The Morgan fingerprint density at radius 3 is 2.58 bits per heavy atom. The van der Waals surface area contributed by atoms with Gasteiger partial charge < -0.3 is 10.1 Å². The fourth-order valence-electron chi connectivity index (χ4n) is 4.90. The third kappa shape index (κ3) is 8.25. The summed E-state index contributed by atoms with van der Waals surface area (Å²) in [5, 5.41) is 10.3. The second-order valence-corrected chi connectivity index (χ2v) is 12.1. The molecule has 1 N–H and O–H groups in total. The topological polar surface area (TPSA) is 69.3 Å². The van der Waals surface area contributed by atoms with E-state index in [1.54, 1.807) is 11.3 Å². The van der Waals surface area contributed by atoms with E-state index in [2.05, 4.69) is 76.0 Å². The van der Waals surface area contributed by atoms with Crippen LogP contribution in [0.3, 0.4) is 0 Å². The highest BCUT2D eigenvalue weighted by Gasteiger charge is 2.31. The summed E-state index contributed by atoms with van der Waals surface area (Å²) >= 11 is 7.17. The summed E-state index contributed by atoms with van der Waals surface area (Å²) in [5.41, 5.74) is 7.24. The zero-order chi connectivity index (χ0) is 32.1. The summed E-state index contributed by atoms with van der Waals surface area (Å²) in [6.07, 6.45) is -1.57. The standard InChI is InChI=1S/C33H33F3N6OS2/c1-21(2)28-15-10-22(3)17-29(28)42-23(4)19-45-32(42)39-31(44)37-16-6-8-24-7-5-9-25(18-24)30-38-20-41(40-30)26-11-13-27(14-12-26)43-33(34,35)36/h5,7,9-15,17-21H,6,8,16H2,1-4H3,(H,37,44). The molecular weight excluding hydrogens is 618 g/mol. The summed E-state index contributed by atoms with van der Waals surface area (Å²) in [5.74, 6) is 0.591. The van der Waals surface area contributed by atoms with E-state index in [1.165, 1.54) is 46.4 Å². The number of nitrogens with one attached hydrogen (secondary N) is 1. The first-order valence-electron chi connectivity index (χ1n) is 14.4. The van der Waals surface area contributed by atoms with Crippen molar-refractivity contribution in [3.8, 4) is 28.5 Å². The van der Waals surface area contributed by atoms with E-state index >= 15 is 0 Å². The van der Waals surface area contributed by atoms with Crippen LogP contribution in [0.25, 0.3) is 22.8 Å². The molecule has 0 spiro atoms. The molecule has 0 aliphatic carbocycles. The molecule has 234 valence electrons. The Kier molecular flexibility index (Phi) is 9.83. The van der Waals surface area contributed by atoms with Gasteiger partial charge in [-0.25, -0.2) is 9.67 Å². The number of thiocarbonyl (C=S) groups is 1. The molecule has 0 aliphatic heterocycles. The Balaban J connectivity index is 1.19. The maximum Gasteiger partial charge on any atom is 0.573 e. The predicted molar refractivity (Wildman–Crippen MR) is 175 cm³/mol. The lowest BCUT2D eigenvalue weighted by atomic mass is 9.99.